The van der Waals surface area contributed by atoms with Crippen LogP contribution in [0, 0.1) is 12.8 Å². The fourth-order valence-electron chi connectivity index (χ4n) is 4.76. The van der Waals surface area contributed by atoms with E-state index >= 15 is 0 Å². The van der Waals surface area contributed by atoms with Crippen molar-refractivity contribution in [1.82, 2.24) is 14.5 Å². The fraction of sp³-hybridized carbons (Fsp3) is 0.423. The number of carbonyl (C=O) groups excluding carboxylic acids is 1. The summed E-state index contributed by atoms with van der Waals surface area (Å²) in [6.45, 7) is 3.52. The molecule has 2 aromatic carbocycles. The number of benzene rings is 2. The van der Waals surface area contributed by atoms with Gasteiger partial charge in [0.2, 0.25) is 0 Å². The predicted molar refractivity (Wildman–Crippen MR) is 135 cm³/mol. The van der Waals surface area contributed by atoms with Crippen molar-refractivity contribution in [2.24, 2.45) is 13.0 Å². The van der Waals surface area contributed by atoms with Crippen molar-refractivity contribution in [2.75, 3.05) is 13.1 Å². The lowest BCUT2D eigenvalue weighted by Crippen LogP contribution is -2.39. The number of carboxylic acid groups (broad SMARTS) is 1. The van der Waals surface area contributed by atoms with E-state index in [1.807, 2.05) is 0 Å². The van der Waals surface area contributed by atoms with Gasteiger partial charge in [0.15, 0.2) is 0 Å². The summed E-state index contributed by atoms with van der Waals surface area (Å²) in [7, 11) is 1.75. The van der Waals surface area contributed by atoms with Crippen LogP contribution in [0.4, 0.5) is 8.78 Å². The number of piperidine rings is 1. The molecule has 0 unspecified atom stereocenters. The number of carbonyl (C=O) groups is 2. The number of hydrogen-bond donors (Lipinski definition) is 1. The Labute approximate surface area is 217 Å². The molecule has 3 aromatic rings. The van der Waals surface area contributed by atoms with Crippen LogP contribution >= 0.6 is 23.2 Å². The van der Waals surface area contributed by atoms with Crippen LogP contribution in [0.15, 0.2) is 24.3 Å². The van der Waals surface area contributed by atoms with Crippen LogP contribution < -0.4 is 0 Å². The molecule has 1 fully saturated rings. The van der Waals surface area contributed by atoms with Gasteiger partial charge in [-0.05, 0) is 61.1 Å². The number of halogens is 4. The number of aromatic nitrogens is 2. The van der Waals surface area contributed by atoms with Crippen molar-refractivity contribution >= 4 is 46.1 Å². The molecule has 0 radical (unpaired) electrons. The molecule has 1 saturated heterocycles. The zero-order chi connectivity index (χ0) is 26.4. The van der Waals surface area contributed by atoms with E-state index in [0.29, 0.717) is 64.5 Å². The minimum Gasteiger partial charge on any atom is -0.481 e. The Morgan fingerprint density at radius 3 is 2.47 bits per heavy atom. The number of aliphatic carboxylic acids is 1. The molecule has 36 heavy (non-hydrogen) atoms. The molecule has 10 heteroatoms. The van der Waals surface area contributed by atoms with Crippen molar-refractivity contribution in [3.8, 4) is 0 Å². The second-order valence-corrected chi connectivity index (χ2v) is 10.3. The molecule has 6 nitrogen and oxygen atoms in total. The van der Waals surface area contributed by atoms with Crippen molar-refractivity contribution < 1.29 is 23.5 Å². The third kappa shape index (κ3) is 5.20. The van der Waals surface area contributed by atoms with Gasteiger partial charge in [-0.3, -0.25) is 9.59 Å². The first-order valence-corrected chi connectivity index (χ1v) is 12.4. The number of likely N-dealkylation sites (tertiary alicyclic amines) is 1. The lowest BCUT2D eigenvalue weighted by atomic mass is 9.93. The van der Waals surface area contributed by atoms with E-state index in [-0.39, 0.29) is 35.3 Å². The van der Waals surface area contributed by atoms with Crippen molar-refractivity contribution in [1.29, 1.82) is 0 Å². The van der Waals surface area contributed by atoms with E-state index in [1.54, 1.807) is 35.6 Å². The highest BCUT2D eigenvalue weighted by Crippen LogP contribution is 2.35. The summed E-state index contributed by atoms with van der Waals surface area (Å²) in [6, 6.07) is 6.10. The fourth-order valence-corrected chi connectivity index (χ4v) is 5.34. The van der Waals surface area contributed by atoms with Crippen LogP contribution in [0.25, 0.3) is 11.0 Å². The van der Waals surface area contributed by atoms with Crippen LogP contribution in [0.2, 0.25) is 10.0 Å². The topological polar surface area (TPSA) is 75.4 Å². The molecule has 0 saturated carbocycles. The molecular formula is C26H27Cl2F2N3O3. The Morgan fingerprint density at radius 2 is 1.86 bits per heavy atom. The summed E-state index contributed by atoms with van der Waals surface area (Å²) < 4.78 is 29.7. The molecule has 192 valence electrons. The predicted octanol–water partition coefficient (Wildman–Crippen LogP) is 6.22. The molecule has 1 aliphatic heterocycles. The molecule has 0 spiro atoms. The number of amides is 1. The summed E-state index contributed by atoms with van der Waals surface area (Å²) in [5, 5.41) is 9.62. The van der Waals surface area contributed by atoms with E-state index in [9.17, 15) is 18.4 Å². The van der Waals surface area contributed by atoms with Gasteiger partial charge in [-0.15, -0.1) is 0 Å². The van der Waals surface area contributed by atoms with E-state index in [2.05, 4.69) is 4.98 Å². The molecule has 1 amide bonds. The number of nitrogens with zero attached hydrogens (tertiary/aromatic N) is 3. The number of fused-ring (bicyclic) bond motifs is 1. The van der Waals surface area contributed by atoms with Gasteiger partial charge >= 0.3 is 5.97 Å². The minimum atomic E-state index is -2.98. The van der Waals surface area contributed by atoms with Gasteiger partial charge in [0, 0.05) is 50.5 Å². The monoisotopic (exact) mass is 537 g/mol. The van der Waals surface area contributed by atoms with Crippen LogP contribution in [0.3, 0.4) is 0 Å². The standard InChI is InChI=1S/C26H27Cl2F2N3O3/c1-14-10-16(26(2,29)30)12-20-24(14)31-21(32(20)3)13-18-19(27)5-4-17(23(18)28)25(36)33-8-6-15(7-9-33)11-22(34)35/h4-5,10,12,15H,6-9,11,13H2,1-3H3,(H,34,35). The Hall–Kier alpha value is -2.71. The zero-order valence-corrected chi connectivity index (χ0v) is 21.8. The van der Waals surface area contributed by atoms with Gasteiger partial charge in [0.1, 0.15) is 5.82 Å². The highest BCUT2D eigenvalue weighted by molar-refractivity contribution is 6.38. The molecule has 0 atom stereocenters. The maximum absolute atomic E-state index is 14.0. The summed E-state index contributed by atoms with van der Waals surface area (Å²) in [5.74, 6) is -3.42. The van der Waals surface area contributed by atoms with E-state index in [0.717, 1.165) is 6.92 Å². The number of hydrogen-bond acceptors (Lipinski definition) is 3. The Morgan fingerprint density at radius 1 is 1.19 bits per heavy atom. The zero-order valence-electron chi connectivity index (χ0n) is 20.2. The molecule has 2 heterocycles. The summed E-state index contributed by atoms with van der Waals surface area (Å²) in [4.78, 5) is 30.6. The highest BCUT2D eigenvalue weighted by Gasteiger charge is 2.29. The van der Waals surface area contributed by atoms with E-state index in [1.165, 1.54) is 12.1 Å². The molecule has 1 aromatic heterocycles. The van der Waals surface area contributed by atoms with Gasteiger partial charge in [-0.2, -0.15) is 0 Å². The maximum Gasteiger partial charge on any atom is 0.303 e. The van der Waals surface area contributed by atoms with E-state index in [4.69, 9.17) is 28.3 Å². The number of aryl methyl sites for hydroxylation is 2. The summed E-state index contributed by atoms with van der Waals surface area (Å²) >= 11 is 13.2. The van der Waals surface area contributed by atoms with Gasteiger partial charge in [0.05, 0.1) is 21.6 Å². The van der Waals surface area contributed by atoms with Gasteiger partial charge in [-0.25, -0.2) is 13.8 Å². The van der Waals surface area contributed by atoms with Gasteiger partial charge in [0.25, 0.3) is 11.8 Å². The molecule has 0 aliphatic carbocycles. The Balaban J connectivity index is 1.62. The first-order chi connectivity index (χ1) is 16.9. The van der Waals surface area contributed by atoms with Crippen LogP contribution in [-0.4, -0.2) is 44.5 Å². The third-order valence-electron chi connectivity index (χ3n) is 6.89. The van der Waals surface area contributed by atoms with Crippen molar-refractivity contribution in [2.45, 2.75) is 45.5 Å². The van der Waals surface area contributed by atoms with Crippen LogP contribution in [-0.2, 0) is 24.2 Å². The minimum absolute atomic E-state index is 0.0528. The second-order valence-electron chi connectivity index (χ2n) is 9.53. The maximum atomic E-state index is 14.0. The molecule has 0 bridgehead atoms. The smallest absolute Gasteiger partial charge is 0.303 e. The quantitative estimate of drug-likeness (QED) is 0.405. The van der Waals surface area contributed by atoms with Gasteiger partial charge in [-0.1, -0.05) is 23.2 Å². The molecule has 4 rings (SSSR count). The molecule has 1 N–H and O–H groups in total. The number of alkyl halides is 2. The van der Waals surface area contributed by atoms with Crippen LogP contribution in [0.1, 0.15) is 59.1 Å². The Kier molecular flexibility index (Phi) is 7.30. The molecule has 1 aliphatic rings. The van der Waals surface area contributed by atoms with Crippen LogP contribution in [0.5, 0.6) is 0 Å². The summed E-state index contributed by atoms with van der Waals surface area (Å²) in [6.07, 6.45) is 1.55. The average molecular weight is 538 g/mol. The normalized spacial score (nSPS) is 15.0. The number of rotatable bonds is 6. The van der Waals surface area contributed by atoms with Crippen molar-refractivity contribution in [3.05, 3.63) is 62.4 Å². The average Bonchev–Trinajstić information content (AvgIpc) is 3.12. The molecular weight excluding hydrogens is 511 g/mol. The van der Waals surface area contributed by atoms with E-state index < -0.39 is 11.9 Å². The largest absolute Gasteiger partial charge is 0.481 e. The Bertz CT molecular complexity index is 1340. The highest BCUT2D eigenvalue weighted by atomic mass is 35.5. The van der Waals surface area contributed by atoms with Crippen molar-refractivity contribution in [3.63, 3.8) is 0 Å². The first-order valence-electron chi connectivity index (χ1n) is 11.7. The second kappa shape index (κ2) is 9.98. The SMILES string of the molecule is Cc1cc(C(C)(F)F)cc2c1nc(Cc1c(Cl)ccc(C(=O)N3CCC(CC(=O)O)CC3)c1Cl)n2C. The number of carboxylic acids is 1. The lowest BCUT2D eigenvalue weighted by Gasteiger charge is -2.31. The lowest BCUT2D eigenvalue weighted by molar-refractivity contribution is -0.138. The first kappa shape index (κ1) is 26.4. The third-order valence-corrected chi connectivity index (χ3v) is 7.68. The summed E-state index contributed by atoms with van der Waals surface area (Å²) in [5.41, 5.74) is 2.59. The van der Waals surface area contributed by atoms with Gasteiger partial charge < -0.3 is 14.6 Å². The number of imidazole rings is 1.